The van der Waals surface area contributed by atoms with Gasteiger partial charge in [-0.1, -0.05) is 0 Å². The zero-order valence-corrected chi connectivity index (χ0v) is 14.7. The van der Waals surface area contributed by atoms with Crippen molar-refractivity contribution in [2.75, 3.05) is 13.2 Å². The molecule has 0 aliphatic heterocycles. The van der Waals surface area contributed by atoms with E-state index in [-0.39, 0.29) is 0 Å². The summed E-state index contributed by atoms with van der Waals surface area (Å²) in [6.07, 6.45) is 4.26. The lowest BCUT2D eigenvalue weighted by Crippen LogP contribution is -1.97. The second kappa shape index (κ2) is 7.50. The van der Waals surface area contributed by atoms with Gasteiger partial charge in [0.2, 0.25) is 0 Å². The molecule has 0 radical (unpaired) electrons. The van der Waals surface area contributed by atoms with E-state index in [1.54, 1.807) is 0 Å². The molecule has 1 fully saturated rings. The van der Waals surface area contributed by atoms with Crippen LogP contribution in [0.25, 0.3) is 11.6 Å². The predicted octanol–water partition coefficient (Wildman–Crippen LogP) is 4.88. The molecule has 0 atom stereocenters. The minimum absolute atomic E-state index is 0.557. The van der Waals surface area contributed by atoms with Crippen molar-refractivity contribution in [3.05, 3.63) is 39.8 Å². The quantitative estimate of drug-likeness (QED) is 0.674. The van der Waals surface area contributed by atoms with E-state index in [1.165, 1.54) is 24.2 Å². The Bertz CT molecular complexity index is 785. The standard InChI is InChI=1S/C19H20N2O2S/c1-3-22-16-8-7-14(18(10-16)23-4-2)9-15(11-20)19-21-17(12-24-19)13-5-6-13/h7-10,12-13H,3-6H2,1-2H3/b15-9+. The molecular formula is C19H20N2O2S. The van der Waals surface area contributed by atoms with E-state index in [4.69, 9.17) is 9.47 Å². The van der Waals surface area contributed by atoms with Gasteiger partial charge in [-0.05, 0) is 44.9 Å². The summed E-state index contributed by atoms with van der Waals surface area (Å²) in [5.41, 5.74) is 2.55. The molecule has 2 aromatic rings. The largest absolute Gasteiger partial charge is 0.494 e. The van der Waals surface area contributed by atoms with Crippen LogP contribution in [0.5, 0.6) is 11.5 Å². The Hall–Kier alpha value is -2.32. The number of nitrogens with zero attached hydrogens (tertiary/aromatic N) is 2. The van der Waals surface area contributed by atoms with Gasteiger partial charge in [0, 0.05) is 22.9 Å². The normalized spacial score (nSPS) is 14.3. The van der Waals surface area contributed by atoms with E-state index < -0.39 is 0 Å². The summed E-state index contributed by atoms with van der Waals surface area (Å²) in [5, 5.41) is 12.4. The highest BCUT2D eigenvalue weighted by Gasteiger charge is 2.26. The number of rotatable bonds is 7. The third-order valence-electron chi connectivity index (χ3n) is 3.76. The Morgan fingerprint density at radius 2 is 2.12 bits per heavy atom. The van der Waals surface area contributed by atoms with Crippen LogP contribution in [0.1, 0.15) is 48.9 Å². The number of ether oxygens (including phenoxy) is 2. The fraction of sp³-hybridized carbons (Fsp3) is 0.368. The van der Waals surface area contributed by atoms with Crippen molar-refractivity contribution in [3.8, 4) is 17.6 Å². The minimum atomic E-state index is 0.557. The molecule has 124 valence electrons. The molecule has 1 aliphatic rings. The lowest BCUT2D eigenvalue weighted by molar-refractivity contribution is 0.322. The van der Waals surface area contributed by atoms with Crippen molar-refractivity contribution in [2.45, 2.75) is 32.6 Å². The molecule has 1 saturated carbocycles. The Kier molecular flexibility index (Phi) is 5.17. The Morgan fingerprint density at radius 1 is 1.33 bits per heavy atom. The van der Waals surface area contributed by atoms with Gasteiger partial charge in [0.05, 0.1) is 24.5 Å². The van der Waals surface area contributed by atoms with Gasteiger partial charge in [0.1, 0.15) is 22.6 Å². The maximum Gasteiger partial charge on any atom is 0.134 e. The number of benzene rings is 1. The third kappa shape index (κ3) is 3.77. The van der Waals surface area contributed by atoms with Crippen LogP contribution in [-0.4, -0.2) is 18.2 Å². The summed E-state index contributed by atoms with van der Waals surface area (Å²) in [6.45, 7) is 5.05. The molecule has 0 N–H and O–H groups in total. The lowest BCUT2D eigenvalue weighted by atomic mass is 10.1. The Labute approximate surface area is 146 Å². The van der Waals surface area contributed by atoms with Crippen molar-refractivity contribution >= 4 is 23.0 Å². The van der Waals surface area contributed by atoms with Gasteiger partial charge in [0.25, 0.3) is 0 Å². The molecule has 1 heterocycles. The first-order valence-electron chi connectivity index (χ1n) is 8.22. The first kappa shape index (κ1) is 16.5. The molecule has 0 saturated heterocycles. The Morgan fingerprint density at radius 3 is 2.79 bits per heavy atom. The van der Waals surface area contributed by atoms with Crippen LogP contribution in [0.15, 0.2) is 23.6 Å². The average Bonchev–Trinajstić information content (AvgIpc) is 3.33. The molecule has 0 amide bonds. The summed E-state index contributed by atoms with van der Waals surface area (Å²) < 4.78 is 11.2. The van der Waals surface area contributed by atoms with Crippen LogP contribution >= 0.6 is 11.3 Å². The predicted molar refractivity (Wildman–Crippen MR) is 96.4 cm³/mol. The number of nitriles is 1. The average molecular weight is 340 g/mol. The number of thiazole rings is 1. The number of aromatic nitrogens is 1. The van der Waals surface area contributed by atoms with Gasteiger partial charge in [-0.3, -0.25) is 0 Å². The van der Waals surface area contributed by atoms with Crippen molar-refractivity contribution < 1.29 is 9.47 Å². The number of hydrogen-bond donors (Lipinski definition) is 0. The van der Waals surface area contributed by atoms with Gasteiger partial charge in [-0.2, -0.15) is 5.26 Å². The number of hydrogen-bond acceptors (Lipinski definition) is 5. The summed E-state index contributed by atoms with van der Waals surface area (Å²) in [6, 6.07) is 7.95. The smallest absolute Gasteiger partial charge is 0.134 e. The highest BCUT2D eigenvalue weighted by molar-refractivity contribution is 7.11. The molecule has 0 unspecified atom stereocenters. The summed E-state index contributed by atoms with van der Waals surface area (Å²) in [7, 11) is 0. The second-order valence-corrected chi connectivity index (χ2v) is 6.45. The van der Waals surface area contributed by atoms with E-state index in [0.29, 0.717) is 24.7 Å². The van der Waals surface area contributed by atoms with E-state index in [0.717, 1.165) is 27.8 Å². The highest BCUT2D eigenvalue weighted by atomic mass is 32.1. The second-order valence-electron chi connectivity index (χ2n) is 5.59. The summed E-state index contributed by atoms with van der Waals surface area (Å²) in [4.78, 5) is 4.62. The van der Waals surface area contributed by atoms with Crippen molar-refractivity contribution in [1.29, 1.82) is 5.26 Å². The fourth-order valence-electron chi connectivity index (χ4n) is 2.44. The van der Waals surface area contributed by atoms with E-state index >= 15 is 0 Å². The molecule has 5 heteroatoms. The van der Waals surface area contributed by atoms with Gasteiger partial charge in [-0.15, -0.1) is 11.3 Å². The zero-order valence-electron chi connectivity index (χ0n) is 13.9. The lowest BCUT2D eigenvalue weighted by Gasteiger charge is -2.10. The number of allylic oxidation sites excluding steroid dienone is 1. The zero-order chi connectivity index (χ0) is 16.9. The molecule has 4 nitrogen and oxygen atoms in total. The van der Waals surface area contributed by atoms with Gasteiger partial charge in [-0.25, -0.2) is 4.98 Å². The van der Waals surface area contributed by atoms with Crippen LogP contribution in [0.3, 0.4) is 0 Å². The SMILES string of the molecule is CCOc1ccc(/C=C(\C#N)c2nc(C3CC3)cs2)c(OCC)c1. The minimum Gasteiger partial charge on any atom is -0.494 e. The van der Waals surface area contributed by atoms with Gasteiger partial charge in [0.15, 0.2) is 0 Å². The molecule has 3 rings (SSSR count). The van der Waals surface area contributed by atoms with Crippen LogP contribution in [-0.2, 0) is 0 Å². The highest BCUT2D eigenvalue weighted by Crippen LogP contribution is 2.41. The summed E-state index contributed by atoms with van der Waals surface area (Å²) in [5.74, 6) is 2.08. The van der Waals surface area contributed by atoms with E-state index in [2.05, 4.69) is 16.4 Å². The first-order chi connectivity index (χ1) is 11.7. The van der Waals surface area contributed by atoms with Crippen LogP contribution < -0.4 is 9.47 Å². The van der Waals surface area contributed by atoms with Gasteiger partial charge >= 0.3 is 0 Å². The Balaban J connectivity index is 1.92. The molecule has 0 bridgehead atoms. The van der Waals surface area contributed by atoms with Crippen LogP contribution in [0.2, 0.25) is 0 Å². The molecule has 1 aromatic carbocycles. The van der Waals surface area contributed by atoms with Gasteiger partial charge < -0.3 is 9.47 Å². The maximum absolute atomic E-state index is 9.55. The van der Waals surface area contributed by atoms with Crippen LogP contribution in [0.4, 0.5) is 0 Å². The van der Waals surface area contributed by atoms with Crippen LogP contribution in [0, 0.1) is 11.3 Å². The maximum atomic E-state index is 9.55. The van der Waals surface area contributed by atoms with Crippen molar-refractivity contribution in [3.63, 3.8) is 0 Å². The third-order valence-corrected chi connectivity index (χ3v) is 4.66. The van der Waals surface area contributed by atoms with Crippen molar-refractivity contribution in [2.24, 2.45) is 0 Å². The molecule has 24 heavy (non-hydrogen) atoms. The van der Waals surface area contributed by atoms with Crippen molar-refractivity contribution in [1.82, 2.24) is 4.98 Å². The topological polar surface area (TPSA) is 55.1 Å². The molecule has 1 aliphatic carbocycles. The summed E-state index contributed by atoms with van der Waals surface area (Å²) >= 11 is 1.53. The molecular weight excluding hydrogens is 320 g/mol. The van der Waals surface area contributed by atoms with E-state index in [1.807, 2.05) is 38.1 Å². The molecule has 0 spiro atoms. The van der Waals surface area contributed by atoms with E-state index in [9.17, 15) is 5.26 Å². The molecule has 1 aromatic heterocycles. The first-order valence-corrected chi connectivity index (χ1v) is 9.10. The monoisotopic (exact) mass is 340 g/mol. The fourth-order valence-corrected chi connectivity index (χ4v) is 3.31.